The molecule has 1 saturated carbocycles. The Kier molecular flexibility index (Phi) is 4.47. The van der Waals surface area contributed by atoms with E-state index in [1.165, 1.54) is 17.7 Å². The van der Waals surface area contributed by atoms with E-state index in [1.54, 1.807) is 12.1 Å². The van der Waals surface area contributed by atoms with Crippen molar-refractivity contribution in [2.75, 3.05) is 11.6 Å². The summed E-state index contributed by atoms with van der Waals surface area (Å²) in [5.74, 6) is -0.0772. The number of carbonyl (C=O) groups excluding carboxylic acids is 1. The van der Waals surface area contributed by atoms with Crippen LogP contribution in [0.3, 0.4) is 0 Å². The van der Waals surface area contributed by atoms with Gasteiger partial charge in [0.1, 0.15) is 0 Å². The molecule has 0 aromatic heterocycles. The van der Waals surface area contributed by atoms with Crippen LogP contribution >= 0.6 is 0 Å². The third-order valence-corrected chi connectivity index (χ3v) is 6.12. The Labute approximate surface area is 155 Å². The van der Waals surface area contributed by atoms with Crippen LogP contribution in [0, 0.1) is 0 Å². The molecule has 0 heterocycles. The van der Waals surface area contributed by atoms with Crippen molar-refractivity contribution in [3.63, 3.8) is 0 Å². The smallest absolute Gasteiger partial charge is 0.235 e. The summed E-state index contributed by atoms with van der Waals surface area (Å²) in [5.41, 5.74) is 2.33. The third-order valence-electron chi connectivity index (χ3n) is 5.01. The molecule has 1 aliphatic rings. The number of hydrogen-bond acceptors (Lipinski definition) is 3. The van der Waals surface area contributed by atoms with Gasteiger partial charge in [-0.15, -0.1) is 0 Å². The number of anilines is 1. The molecule has 138 valence electrons. The van der Waals surface area contributed by atoms with Crippen LogP contribution in [0.5, 0.6) is 0 Å². The van der Waals surface area contributed by atoms with Gasteiger partial charge >= 0.3 is 0 Å². The number of amides is 1. The van der Waals surface area contributed by atoms with E-state index in [2.05, 4.69) is 38.2 Å². The average Bonchev–Trinajstić information content (AvgIpc) is 3.35. The van der Waals surface area contributed by atoms with Gasteiger partial charge in [0.25, 0.3) is 0 Å². The van der Waals surface area contributed by atoms with E-state index in [9.17, 15) is 13.2 Å². The van der Waals surface area contributed by atoms with Crippen molar-refractivity contribution in [2.24, 2.45) is 0 Å². The Morgan fingerprint density at radius 3 is 2.15 bits per heavy atom. The first-order chi connectivity index (χ1) is 12.0. The highest BCUT2D eigenvalue weighted by atomic mass is 32.2. The second-order valence-corrected chi connectivity index (χ2v) is 10.2. The first-order valence-corrected chi connectivity index (χ1v) is 10.6. The zero-order chi connectivity index (χ0) is 19.2. The van der Waals surface area contributed by atoms with E-state index in [0.29, 0.717) is 5.69 Å². The van der Waals surface area contributed by atoms with Gasteiger partial charge in [-0.25, -0.2) is 8.42 Å². The fourth-order valence-electron chi connectivity index (χ4n) is 3.12. The van der Waals surface area contributed by atoms with Gasteiger partial charge in [-0.05, 0) is 47.6 Å². The van der Waals surface area contributed by atoms with E-state index in [1.807, 2.05) is 12.1 Å². The van der Waals surface area contributed by atoms with Crippen LogP contribution in [0.4, 0.5) is 5.69 Å². The third kappa shape index (κ3) is 3.68. The summed E-state index contributed by atoms with van der Waals surface area (Å²) < 4.78 is 23.4. The van der Waals surface area contributed by atoms with Crippen LogP contribution in [0.2, 0.25) is 0 Å². The minimum atomic E-state index is -3.30. The highest BCUT2D eigenvalue weighted by Gasteiger charge is 2.51. The van der Waals surface area contributed by atoms with Crippen LogP contribution in [0.1, 0.15) is 44.7 Å². The Morgan fingerprint density at radius 1 is 1.04 bits per heavy atom. The molecule has 1 aliphatic carbocycles. The monoisotopic (exact) mass is 371 g/mol. The lowest BCUT2D eigenvalue weighted by atomic mass is 9.85. The molecule has 1 fully saturated rings. The Bertz CT molecular complexity index is 934. The maximum atomic E-state index is 12.9. The van der Waals surface area contributed by atoms with Gasteiger partial charge in [-0.2, -0.15) is 0 Å². The summed E-state index contributed by atoms with van der Waals surface area (Å²) in [6, 6.07) is 14.7. The highest BCUT2D eigenvalue weighted by molar-refractivity contribution is 7.90. The highest BCUT2D eigenvalue weighted by Crippen LogP contribution is 2.49. The molecule has 0 radical (unpaired) electrons. The summed E-state index contributed by atoms with van der Waals surface area (Å²) in [6.07, 6.45) is 2.77. The first-order valence-electron chi connectivity index (χ1n) is 8.75. The van der Waals surface area contributed by atoms with E-state index in [-0.39, 0.29) is 16.2 Å². The zero-order valence-electron chi connectivity index (χ0n) is 15.7. The number of benzene rings is 2. The van der Waals surface area contributed by atoms with Crippen LogP contribution in [0.25, 0.3) is 0 Å². The molecule has 0 atom stereocenters. The summed E-state index contributed by atoms with van der Waals surface area (Å²) >= 11 is 0. The summed E-state index contributed by atoms with van der Waals surface area (Å²) in [7, 11) is -3.30. The SMILES string of the molecule is CC(C)(C)c1ccc(C2(C(=O)Nc3cccc(S(C)(=O)=O)c3)CC2)cc1. The Balaban J connectivity index is 1.82. The molecule has 1 N–H and O–H groups in total. The molecular weight excluding hydrogens is 346 g/mol. The summed E-state index contributed by atoms with van der Waals surface area (Å²) in [6.45, 7) is 6.49. The quantitative estimate of drug-likeness (QED) is 0.881. The molecule has 3 rings (SSSR count). The van der Waals surface area contributed by atoms with Crippen molar-refractivity contribution in [1.29, 1.82) is 0 Å². The van der Waals surface area contributed by atoms with E-state index >= 15 is 0 Å². The summed E-state index contributed by atoms with van der Waals surface area (Å²) in [4.78, 5) is 13.1. The normalized spacial score (nSPS) is 16.2. The topological polar surface area (TPSA) is 63.2 Å². The molecule has 26 heavy (non-hydrogen) atoms. The van der Waals surface area contributed by atoms with Crippen LogP contribution < -0.4 is 5.32 Å². The van der Waals surface area contributed by atoms with Crippen molar-refractivity contribution in [3.05, 3.63) is 59.7 Å². The molecule has 0 saturated heterocycles. The molecule has 1 amide bonds. The number of carbonyl (C=O) groups is 1. The maximum absolute atomic E-state index is 12.9. The van der Waals surface area contributed by atoms with Crippen molar-refractivity contribution in [3.8, 4) is 0 Å². The Hall–Kier alpha value is -2.14. The number of hydrogen-bond donors (Lipinski definition) is 1. The molecule has 2 aromatic carbocycles. The maximum Gasteiger partial charge on any atom is 0.235 e. The molecular formula is C21H25NO3S. The Morgan fingerprint density at radius 2 is 1.65 bits per heavy atom. The van der Waals surface area contributed by atoms with Gasteiger partial charge < -0.3 is 5.32 Å². The minimum Gasteiger partial charge on any atom is -0.325 e. The van der Waals surface area contributed by atoms with Gasteiger partial charge in [0.2, 0.25) is 5.91 Å². The molecule has 2 aromatic rings. The molecule has 0 unspecified atom stereocenters. The van der Waals surface area contributed by atoms with Crippen molar-refractivity contribution in [2.45, 2.75) is 49.3 Å². The summed E-state index contributed by atoms with van der Waals surface area (Å²) in [5, 5.41) is 2.90. The molecule has 0 bridgehead atoms. The van der Waals surface area contributed by atoms with Gasteiger partial charge in [0.15, 0.2) is 9.84 Å². The molecule has 0 aliphatic heterocycles. The largest absolute Gasteiger partial charge is 0.325 e. The minimum absolute atomic E-state index is 0.0730. The van der Waals surface area contributed by atoms with Crippen molar-refractivity contribution in [1.82, 2.24) is 0 Å². The van der Waals surface area contributed by atoms with Crippen molar-refractivity contribution >= 4 is 21.4 Å². The van der Waals surface area contributed by atoms with Crippen LogP contribution in [-0.2, 0) is 25.5 Å². The second-order valence-electron chi connectivity index (χ2n) is 8.16. The number of sulfone groups is 1. The predicted octanol–water partition coefficient (Wildman–Crippen LogP) is 4.06. The van der Waals surface area contributed by atoms with E-state index < -0.39 is 15.3 Å². The molecule has 0 spiro atoms. The zero-order valence-corrected chi connectivity index (χ0v) is 16.5. The first kappa shape index (κ1) is 18.6. The van der Waals surface area contributed by atoms with Crippen molar-refractivity contribution < 1.29 is 13.2 Å². The fraction of sp³-hybridized carbons (Fsp3) is 0.381. The van der Waals surface area contributed by atoms with E-state index in [0.717, 1.165) is 24.7 Å². The average molecular weight is 372 g/mol. The predicted molar refractivity (Wildman–Crippen MR) is 104 cm³/mol. The van der Waals surface area contributed by atoms with Gasteiger partial charge in [-0.1, -0.05) is 51.1 Å². The number of rotatable bonds is 4. The van der Waals surface area contributed by atoms with Gasteiger partial charge in [-0.3, -0.25) is 4.79 Å². The van der Waals surface area contributed by atoms with Gasteiger partial charge in [0, 0.05) is 11.9 Å². The van der Waals surface area contributed by atoms with E-state index in [4.69, 9.17) is 0 Å². The van der Waals surface area contributed by atoms with Crippen LogP contribution in [0.15, 0.2) is 53.4 Å². The number of nitrogens with one attached hydrogen (secondary N) is 1. The lowest BCUT2D eigenvalue weighted by Crippen LogP contribution is -2.28. The fourth-order valence-corrected chi connectivity index (χ4v) is 3.78. The lowest BCUT2D eigenvalue weighted by Gasteiger charge is -2.21. The van der Waals surface area contributed by atoms with Gasteiger partial charge in [0.05, 0.1) is 10.3 Å². The standard InChI is InChI=1S/C21H25NO3S/c1-20(2,3)15-8-10-16(11-9-15)21(12-13-21)19(23)22-17-6-5-7-18(14-17)26(4,24)25/h5-11,14H,12-13H2,1-4H3,(H,22,23). The molecule has 4 nitrogen and oxygen atoms in total. The lowest BCUT2D eigenvalue weighted by molar-refractivity contribution is -0.118. The second kappa shape index (κ2) is 6.23. The van der Waals surface area contributed by atoms with Crippen LogP contribution in [-0.4, -0.2) is 20.6 Å². The molecule has 5 heteroatoms.